The van der Waals surface area contributed by atoms with Crippen molar-refractivity contribution >= 4 is 6.09 Å². The minimum Gasteiger partial charge on any atom is -0.444 e. The zero-order chi connectivity index (χ0) is 20.0. The minimum absolute atomic E-state index is 0.100. The van der Waals surface area contributed by atoms with E-state index in [1.54, 1.807) is 31.7 Å². The van der Waals surface area contributed by atoms with Gasteiger partial charge >= 0.3 is 12.5 Å². The molecule has 0 aromatic heterocycles. The molecule has 1 aromatic rings. The molecule has 0 saturated carbocycles. The van der Waals surface area contributed by atoms with E-state index in [-0.39, 0.29) is 30.5 Å². The van der Waals surface area contributed by atoms with Gasteiger partial charge in [-0.1, -0.05) is 18.2 Å². The second-order valence-corrected chi connectivity index (χ2v) is 8.26. The van der Waals surface area contributed by atoms with Gasteiger partial charge in [0.05, 0.1) is 5.60 Å². The first-order chi connectivity index (χ1) is 12.4. The molecule has 0 aliphatic carbocycles. The fraction of sp³-hybridized carbons (Fsp3) is 0.632. The summed E-state index contributed by atoms with van der Waals surface area (Å²) in [5.41, 5.74) is -2.04. The van der Waals surface area contributed by atoms with E-state index < -0.39 is 29.4 Å². The van der Waals surface area contributed by atoms with Gasteiger partial charge in [-0.3, -0.25) is 0 Å². The molecule has 2 saturated heterocycles. The molecule has 2 heterocycles. The molecule has 2 atom stereocenters. The Balaban J connectivity index is 1.84. The number of amides is 1. The number of piperidine rings is 1. The van der Waals surface area contributed by atoms with Crippen LogP contribution in [0.3, 0.4) is 0 Å². The Morgan fingerprint density at radius 1 is 1.15 bits per heavy atom. The van der Waals surface area contributed by atoms with Crippen molar-refractivity contribution in [3.8, 4) is 5.75 Å². The van der Waals surface area contributed by atoms with Crippen LogP contribution in [0.25, 0.3) is 0 Å². The van der Waals surface area contributed by atoms with Crippen molar-refractivity contribution < 1.29 is 32.5 Å². The summed E-state index contributed by atoms with van der Waals surface area (Å²) in [7, 11) is 0. The third kappa shape index (κ3) is 4.31. The fourth-order valence-electron chi connectivity index (χ4n) is 4.12. The van der Waals surface area contributed by atoms with E-state index in [0.29, 0.717) is 12.8 Å². The van der Waals surface area contributed by atoms with Gasteiger partial charge in [0.1, 0.15) is 11.4 Å². The van der Waals surface area contributed by atoms with Gasteiger partial charge < -0.3 is 19.5 Å². The van der Waals surface area contributed by atoms with Crippen LogP contribution in [0.15, 0.2) is 24.3 Å². The number of hydrogen-bond donors (Lipinski definition) is 1. The number of alkyl halides is 3. The van der Waals surface area contributed by atoms with Crippen LogP contribution >= 0.6 is 0 Å². The van der Waals surface area contributed by atoms with Crippen LogP contribution in [0.1, 0.15) is 52.0 Å². The second kappa shape index (κ2) is 6.58. The Bertz CT molecular complexity index is 700. The number of carbonyl (C=O) groups is 1. The van der Waals surface area contributed by atoms with Crippen molar-refractivity contribution in [2.24, 2.45) is 0 Å². The van der Waals surface area contributed by atoms with E-state index in [1.807, 2.05) is 0 Å². The quantitative estimate of drug-likeness (QED) is 0.820. The number of halogens is 3. The van der Waals surface area contributed by atoms with Gasteiger partial charge in [-0.25, -0.2) is 4.79 Å². The maximum absolute atomic E-state index is 12.7. The maximum atomic E-state index is 12.7. The lowest BCUT2D eigenvalue weighted by Gasteiger charge is -2.44. The molecule has 27 heavy (non-hydrogen) atoms. The molecule has 3 rings (SSSR count). The largest absolute Gasteiger partial charge is 0.573 e. The standard InChI is InChI=1S/C19H24F3NO4/c1-17(2,3)27-16(24)23-12-8-9-13(23)11-18(25,10-12)14-6-4-5-7-15(14)26-19(20,21)22/h4-7,12-13,25H,8-11H2,1-3H3. The van der Waals surface area contributed by atoms with Gasteiger partial charge in [0.15, 0.2) is 0 Å². The number of carbonyl (C=O) groups excluding carboxylic acids is 1. The zero-order valence-corrected chi connectivity index (χ0v) is 15.5. The van der Waals surface area contributed by atoms with Crippen molar-refractivity contribution in [3.05, 3.63) is 29.8 Å². The van der Waals surface area contributed by atoms with E-state index in [0.717, 1.165) is 0 Å². The molecule has 0 spiro atoms. The highest BCUT2D eigenvalue weighted by molar-refractivity contribution is 5.70. The lowest BCUT2D eigenvalue weighted by atomic mass is 9.80. The highest BCUT2D eigenvalue weighted by Gasteiger charge is 2.52. The SMILES string of the molecule is CC(C)(C)OC(=O)N1C2CCC1CC(O)(c1ccccc1OC(F)(F)F)C2. The smallest absolute Gasteiger partial charge is 0.444 e. The van der Waals surface area contributed by atoms with E-state index in [9.17, 15) is 23.1 Å². The molecule has 1 aromatic carbocycles. The Morgan fingerprint density at radius 3 is 2.22 bits per heavy atom. The molecule has 2 fully saturated rings. The molecule has 8 heteroatoms. The molecule has 0 radical (unpaired) electrons. The lowest BCUT2D eigenvalue weighted by molar-refractivity contribution is -0.275. The lowest BCUT2D eigenvalue weighted by Crippen LogP contribution is -2.53. The van der Waals surface area contributed by atoms with Gasteiger partial charge in [-0.15, -0.1) is 13.2 Å². The summed E-state index contributed by atoms with van der Waals surface area (Å²) in [5, 5.41) is 11.2. The Kier molecular flexibility index (Phi) is 4.82. The number of fused-ring (bicyclic) bond motifs is 2. The molecule has 2 unspecified atom stereocenters. The van der Waals surface area contributed by atoms with E-state index in [4.69, 9.17) is 4.74 Å². The first-order valence-corrected chi connectivity index (χ1v) is 8.97. The molecular weight excluding hydrogens is 363 g/mol. The monoisotopic (exact) mass is 387 g/mol. The van der Waals surface area contributed by atoms with Gasteiger partial charge in [-0.2, -0.15) is 0 Å². The van der Waals surface area contributed by atoms with E-state index in [2.05, 4.69) is 4.74 Å². The number of rotatable bonds is 2. The van der Waals surface area contributed by atoms with Crippen molar-refractivity contribution in [2.75, 3.05) is 0 Å². The van der Waals surface area contributed by atoms with E-state index >= 15 is 0 Å². The fourth-order valence-corrected chi connectivity index (χ4v) is 4.12. The first-order valence-electron chi connectivity index (χ1n) is 8.97. The van der Waals surface area contributed by atoms with Crippen molar-refractivity contribution in [1.29, 1.82) is 0 Å². The second-order valence-electron chi connectivity index (χ2n) is 8.26. The summed E-state index contributed by atoms with van der Waals surface area (Å²) in [4.78, 5) is 14.2. The third-order valence-electron chi connectivity index (χ3n) is 4.98. The number of ether oxygens (including phenoxy) is 2. The van der Waals surface area contributed by atoms with Gasteiger partial charge in [0.2, 0.25) is 0 Å². The van der Waals surface area contributed by atoms with Crippen LogP contribution in [0, 0.1) is 0 Å². The van der Waals surface area contributed by atoms with Crippen LogP contribution in [0.4, 0.5) is 18.0 Å². The highest BCUT2D eigenvalue weighted by Crippen LogP contribution is 2.48. The Labute approximate surface area is 156 Å². The molecule has 1 N–H and O–H groups in total. The van der Waals surface area contributed by atoms with Crippen LogP contribution in [-0.2, 0) is 10.3 Å². The van der Waals surface area contributed by atoms with Crippen molar-refractivity contribution in [1.82, 2.24) is 4.90 Å². The summed E-state index contributed by atoms with van der Waals surface area (Å²) < 4.78 is 47.8. The predicted octanol–water partition coefficient (Wildman–Crippen LogP) is 4.33. The normalized spacial score (nSPS) is 28.2. The molecule has 2 aliphatic heterocycles. The maximum Gasteiger partial charge on any atom is 0.573 e. The van der Waals surface area contributed by atoms with Gasteiger partial charge in [-0.05, 0) is 39.7 Å². The zero-order valence-electron chi connectivity index (χ0n) is 15.5. The van der Waals surface area contributed by atoms with Crippen LogP contribution < -0.4 is 4.74 Å². The number of aliphatic hydroxyl groups is 1. The molecule has 150 valence electrons. The summed E-state index contributed by atoms with van der Waals surface area (Å²) in [6, 6.07) is 5.06. The summed E-state index contributed by atoms with van der Waals surface area (Å²) in [5.74, 6) is -0.405. The minimum atomic E-state index is -4.84. The topological polar surface area (TPSA) is 59.0 Å². The van der Waals surface area contributed by atoms with Crippen LogP contribution in [0.5, 0.6) is 5.75 Å². The summed E-state index contributed by atoms with van der Waals surface area (Å²) in [6.07, 6.45) is -3.66. The molecule has 2 aliphatic rings. The Hall–Kier alpha value is -1.96. The van der Waals surface area contributed by atoms with E-state index in [1.165, 1.54) is 18.2 Å². The van der Waals surface area contributed by atoms with Gasteiger partial charge in [0.25, 0.3) is 0 Å². The Morgan fingerprint density at radius 2 is 1.70 bits per heavy atom. The number of nitrogens with zero attached hydrogens (tertiary/aromatic N) is 1. The first kappa shape index (κ1) is 19.8. The number of hydrogen-bond acceptors (Lipinski definition) is 4. The van der Waals surface area contributed by atoms with Gasteiger partial charge in [0, 0.05) is 30.5 Å². The highest BCUT2D eigenvalue weighted by atomic mass is 19.4. The van der Waals surface area contributed by atoms with Crippen LogP contribution in [-0.4, -0.2) is 40.1 Å². The molecular formula is C19H24F3NO4. The van der Waals surface area contributed by atoms with Crippen molar-refractivity contribution in [2.45, 2.75) is 76.1 Å². The molecule has 5 nitrogen and oxygen atoms in total. The molecule has 1 amide bonds. The predicted molar refractivity (Wildman–Crippen MR) is 91.1 cm³/mol. The summed E-state index contributed by atoms with van der Waals surface area (Å²) in [6.45, 7) is 5.33. The third-order valence-corrected chi connectivity index (χ3v) is 4.98. The average Bonchev–Trinajstić information content (AvgIpc) is 2.77. The number of para-hydroxylation sites is 1. The summed E-state index contributed by atoms with van der Waals surface area (Å²) >= 11 is 0. The van der Waals surface area contributed by atoms with Crippen molar-refractivity contribution in [3.63, 3.8) is 0 Å². The molecule has 2 bridgehead atoms. The van der Waals surface area contributed by atoms with Crippen LogP contribution in [0.2, 0.25) is 0 Å². The number of benzene rings is 1. The average molecular weight is 387 g/mol.